The van der Waals surface area contributed by atoms with Crippen LogP contribution >= 0.6 is 11.6 Å². The second-order valence-corrected chi connectivity index (χ2v) is 7.75. The van der Waals surface area contributed by atoms with Crippen LogP contribution in [0.1, 0.15) is 27.6 Å². The lowest BCUT2D eigenvalue weighted by atomic mass is 9.83. The molecule has 0 aliphatic carbocycles. The van der Waals surface area contributed by atoms with E-state index in [9.17, 15) is 18.7 Å². The van der Waals surface area contributed by atoms with Crippen LogP contribution in [0.2, 0.25) is 5.02 Å². The molecule has 1 aliphatic heterocycles. The van der Waals surface area contributed by atoms with Crippen molar-refractivity contribution in [3.63, 3.8) is 0 Å². The minimum absolute atomic E-state index is 0.0346. The third-order valence-electron chi connectivity index (χ3n) is 5.57. The van der Waals surface area contributed by atoms with Crippen molar-refractivity contribution in [1.29, 1.82) is 0 Å². The summed E-state index contributed by atoms with van der Waals surface area (Å²) in [4.78, 5) is 12.1. The number of primary amides is 1. The number of benzene rings is 3. The summed E-state index contributed by atoms with van der Waals surface area (Å²) in [7, 11) is 0. The fourth-order valence-corrected chi connectivity index (χ4v) is 4.33. The van der Waals surface area contributed by atoms with Crippen molar-refractivity contribution in [2.75, 3.05) is 6.54 Å². The molecule has 0 spiro atoms. The molecular weight excluding hydrogens is 461 g/mol. The Balaban J connectivity index is 2.00. The van der Waals surface area contributed by atoms with Crippen LogP contribution in [0.5, 0.6) is 11.5 Å². The number of carbonyl (C=O) groups is 1. The zero-order chi connectivity index (χ0) is 23.9. The second kappa shape index (κ2) is 8.58. The number of rotatable bonds is 6. The molecule has 172 valence electrons. The van der Waals surface area contributed by atoms with Crippen LogP contribution in [0.25, 0.3) is 11.1 Å². The van der Waals surface area contributed by atoms with E-state index in [1.165, 1.54) is 12.1 Å². The number of nitrogens with two attached hydrogens (primary N) is 2. The molecule has 0 fully saturated rings. The first-order chi connectivity index (χ1) is 15.7. The molecule has 3 aromatic carbocycles. The standard InChI is InChI=1S/C23H18ClF3N2O4/c24-13-7-9-14-18(20(30)23(10-28,33-14)11-4-2-1-3-5-11)17(13)16-12(21(29)31)6-8-15(19(16)25)32-22(26)27/h1-9,20,22,30H,10,28H2,(H2,29,31). The average molecular weight is 479 g/mol. The average Bonchev–Trinajstić information content (AvgIpc) is 3.08. The van der Waals surface area contributed by atoms with Crippen LogP contribution in [0.3, 0.4) is 0 Å². The molecule has 10 heteroatoms. The maximum atomic E-state index is 15.4. The van der Waals surface area contributed by atoms with Gasteiger partial charge in [0.25, 0.3) is 0 Å². The molecule has 2 atom stereocenters. The van der Waals surface area contributed by atoms with Gasteiger partial charge in [0.15, 0.2) is 17.2 Å². The van der Waals surface area contributed by atoms with Gasteiger partial charge in [-0.1, -0.05) is 41.9 Å². The van der Waals surface area contributed by atoms with Gasteiger partial charge in [-0.2, -0.15) is 8.78 Å². The molecule has 5 N–H and O–H groups in total. The first-order valence-corrected chi connectivity index (χ1v) is 10.1. The second-order valence-electron chi connectivity index (χ2n) is 7.34. The fraction of sp³-hybridized carbons (Fsp3) is 0.174. The first kappa shape index (κ1) is 22.9. The number of fused-ring (bicyclic) bond motifs is 1. The van der Waals surface area contributed by atoms with E-state index in [1.54, 1.807) is 30.3 Å². The molecule has 1 aliphatic rings. The van der Waals surface area contributed by atoms with Gasteiger partial charge in [-0.3, -0.25) is 4.79 Å². The highest BCUT2D eigenvalue weighted by Crippen LogP contribution is 2.54. The quantitative estimate of drug-likeness (QED) is 0.494. The zero-order valence-corrected chi connectivity index (χ0v) is 17.7. The predicted octanol–water partition coefficient (Wildman–Crippen LogP) is 4.13. The molecule has 6 nitrogen and oxygen atoms in total. The maximum absolute atomic E-state index is 15.4. The smallest absolute Gasteiger partial charge is 0.387 e. The Labute approximate surface area is 191 Å². The van der Waals surface area contributed by atoms with E-state index in [1.807, 2.05) is 0 Å². The van der Waals surface area contributed by atoms with E-state index in [-0.39, 0.29) is 34.0 Å². The van der Waals surface area contributed by atoms with Crippen molar-refractivity contribution in [3.05, 3.63) is 82.1 Å². The van der Waals surface area contributed by atoms with Gasteiger partial charge in [0, 0.05) is 28.3 Å². The van der Waals surface area contributed by atoms with Gasteiger partial charge >= 0.3 is 6.61 Å². The molecule has 0 saturated heterocycles. The molecule has 3 aromatic rings. The van der Waals surface area contributed by atoms with E-state index in [2.05, 4.69) is 4.74 Å². The SMILES string of the molecule is NCC1(c2ccccc2)Oc2ccc(Cl)c(-c3c(C(N)=O)ccc(OC(F)F)c3F)c2C1O. The lowest BCUT2D eigenvalue weighted by Gasteiger charge is -2.31. The van der Waals surface area contributed by atoms with Gasteiger partial charge < -0.3 is 26.0 Å². The summed E-state index contributed by atoms with van der Waals surface area (Å²) in [6.45, 7) is -3.48. The third kappa shape index (κ3) is 3.68. The van der Waals surface area contributed by atoms with E-state index in [0.29, 0.717) is 5.56 Å². The van der Waals surface area contributed by atoms with Crippen LogP contribution in [0.15, 0.2) is 54.6 Å². The Bertz CT molecular complexity index is 1230. The van der Waals surface area contributed by atoms with Crippen molar-refractivity contribution < 1.29 is 32.5 Å². The lowest BCUT2D eigenvalue weighted by molar-refractivity contribution is -0.0521. The minimum atomic E-state index is -3.32. The monoisotopic (exact) mass is 478 g/mol. The lowest BCUT2D eigenvalue weighted by Crippen LogP contribution is -2.42. The largest absolute Gasteiger partial charge is 0.478 e. The number of hydrogen-bond donors (Lipinski definition) is 3. The molecule has 0 aromatic heterocycles. The molecule has 4 rings (SSSR count). The highest BCUT2D eigenvalue weighted by Gasteiger charge is 2.50. The highest BCUT2D eigenvalue weighted by molar-refractivity contribution is 6.34. The zero-order valence-electron chi connectivity index (χ0n) is 16.9. The van der Waals surface area contributed by atoms with Crippen LogP contribution in [-0.2, 0) is 5.60 Å². The van der Waals surface area contributed by atoms with Crippen LogP contribution in [0, 0.1) is 5.82 Å². The van der Waals surface area contributed by atoms with Crippen LogP contribution in [-0.4, -0.2) is 24.2 Å². The van der Waals surface area contributed by atoms with Crippen molar-refractivity contribution in [3.8, 4) is 22.6 Å². The molecule has 0 saturated carbocycles. The number of ether oxygens (including phenoxy) is 2. The summed E-state index contributed by atoms with van der Waals surface area (Å²) in [5.41, 5.74) is 9.59. The summed E-state index contributed by atoms with van der Waals surface area (Å²) in [5.74, 6) is -3.02. The number of aliphatic hydroxyl groups excluding tert-OH is 1. The van der Waals surface area contributed by atoms with Crippen molar-refractivity contribution >= 4 is 17.5 Å². The summed E-state index contributed by atoms with van der Waals surface area (Å²) < 4.78 is 51.4. The molecule has 33 heavy (non-hydrogen) atoms. The van der Waals surface area contributed by atoms with Gasteiger partial charge in [-0.25, -0.2) is 4.39 Å². The molecule has 0 radical (unpaired) electrons. The van der Waals surface area contributed by atoms with Crippen molar-refractivity contribution in [1.82, 2.24) is 0 Å². The normalized spacial score (nSPS) is 19.3. The molecule has 2 unspecified atom stereocenters. The van der Waals surface area contributed by atoms with E-state index < -0.39 is 41.4 Å². The van der Waals surface area contributed by atoms with E-state index in [4.69, 9.17) is 27.8 Å². The van der Waals surface area contributed by atoms with E-state index in [0.717, 1.165) is 12.1 Å². The minimum Gasteiger partial charge on any atom is -0.478 e. The van der Waals surface area contributed by atoms with Crippen molar-refractivity contribution in [2.45, 2.75) is 18.3 Å². The fourth-order valence-electron chi connectivity index (χ4n) is 4.08. The summed E-state index contributed by atoms with van der Waals surface area (Å²) in [5, 5.41) is 11.3. The Kier molecular flexibility index (Phi) is 5.96. The summed E-state index contributed by atoms with van der Waals surface area (Å²) >= 11 is 6.39. The van der Waals surface area contributed by atoms with Crippen LogP contribution < -0.4 is 20.9 Å². The number of hydrogen-bond acceptors (Lipinski definition) is 5. The topological polar surface area (TPSA) is 108 Å². The third-order valence-corrected chi connectivity index (χ3v) is 5.88. The molecule has 1 amide bonds. The van der Waals surface area contributed by atoms with Gasteiger partial charge in [-0.05, 0) is 29.8 Å². The molecule has 1 heterocycles. The maximum Gasteiger partial charge on any atom is 0.387 e. The number of amides is 1. The number of alkyl halides is 2. The number of aliphatic hydroxyl groups is 1. The number of carbonyl (C=O) groups excluding carboxylic acids is 1. The van der Waals surface area contributed by atoms with Gasteiger partial charge in [-0.15, -0.1) is 0 Å². The Morgan fingerprint density at radius 1 is 1.15 bits per heavy atom. The highest BCUT2D eigenvalue weighted by atomic mass is 35.5. The van der Waals surface area contributed by atoms with Gasteiger partial charge in [0.05, 0.1) is 5.56 Å². The van der Waals surface area contributed by atoms with Crippen LogP contribution in [0.4, 0.5) is 13.2 Å². The first-order valence-electron chi connectivity index (χ1n) is 9.73. The van der Waals surface area contributed by atoms with Crippen molar-refractivity contribution in [2.24, 2.45) is 11.5 Å². The van der Waals surface area contributed by atoms with Gasteiger partial charge in [0.1, 0.15) is 11.9 Å². The molecular formula is C23H18ClF3N2O4. The predicted molar refractivity (Wildman–Crippen MR) is 115 cm³/mol. The Morgan fingerprint density at radius 2 is 1.85 bits per heavy atom. The summed E-state index contributed by atoms with van der Waals surface area (Å²) in [6, 6.07) is 13.4. The Hall–Kier alpha value is -3.27. The van der Waals surface area contributed by atoms with E-state index >= 15 is 4.39 Å². The number of halogens is 4. The van der Waals surface area contributed by atoms with Gasteiger partial charge in [0.2, 0.25) is 5.91 Å². The summed E-state index contributed by atoms with van der Waals surface area (Å²) in [6.07, 6.45) is -1.45. The molecule has 0 bridgehead atoms. The Morgan fingerprint density at radius 3 is 2.45 bits per heavy atom.